The molecule has 2 fully saturated rings. The van der Waals surface area contributed by atoms with Crippen molar-refractivity contribution >= 4 is 29.0 Å². The van der Waals surface area contributed by atoms with Gasteiger partial charge in [-0.2, -0.15) is 9.97 Å². The van der Waals surface area contributed by atoms with Crippen LogP contribution in [0.1, 0.15) is 39.0 Å². The Hall–Kier alpha value is -3.02. The molecule has 2 aliphatic rings. The molecular formula is C20H26N6O3. The summed E-state index contributed by atoms with van der Waals surface area (Å²) in [5.41, 5.74) is 0.554. The van der Waals surface area contributed by atoms with Gasteiger partial charge in [-0.3, -0.25) is 13.9 Å². The number of piperidine rings is 1. The van der Waals surface area contributed by atoms with Crippen LogP contribution in [-0.2, 0) is 18.4 Å². The minimum absolute atomic E-state index is 0.227. The monoisotopic (exact) mass is 398 g/mol. The van der Waals surface area contributed by atoms with Crippen molar-refractivity contribution < 1.29 is 9.90 Å². The third kappa shape index (κ3) is 3.33. The van der Waals surface area contributed by atoms with Crippen LogP contribution in [-0.4, -0.2) is 55.9 Å². The molecule has 0 aliphatic carbocycles. The Morgan fingerprint density at radius 2 is 1.86 bits per heavy atom. The first-order chi connectivity index (χ1) is 14.0. The highest BCUT2D eigenvalue weighted by Gasteiger charge is 2.34. The molecule has 0 radical (unpaired) electrons. The second-order valence-electron chi connectivity index (χ2n) is 7.61. The number of nitrogens with zero attached hydrogens (tertiary/aromatic N) is 6. The predicted molar refractivity (Wildman–Crippen MR) is 110 cm³/mol. The van der Waals surface area contributed by atoms with Crippen molar-refractivity contribution in [3.63, 3.8) is 0 Å². The topological polar surface area (TPSA) is 96.5 Å². The number of carbonyl (C=O) groups is 1. The van der Waals surface area contributed by atoms with Crippen LogP contribution in [0.3, 0.4) is 0 Å². The number of rotatable bonds is 4. The zero-order valence-corrected chi connectivity index (χ0v) is 16.9. The van der Waals surface area contributed by atoms with E-state index in [1.807, 2.05) is 4.57 Å². The maximum atomic E-state index is 13.3. The zero-order valence-electron chi connectivity index (χ0n) is 16.9. The molecule has 2 aromatic heterocycles. The molecular weight excluding hydrogens is 372 g/mol. The Morgan fingerprint density at radius 1 is 1.14 bits per heavy atom. The first-order valence-electron chi connectivity index (χ1n) is 10.1. The maximum absolute atomic E-state index is 13.3. The highest BCUT2D eigenvalue weighted by Crippen LogP contribution is 2.27. The largest absolute Gasteiger partial charge is 0.480 e. The minimum Gasteiger partial charge on any atom is -0.480 e. The molecule has 2 aromatic rings. The van der Waals surface area contributed by atoms with E-state index in [-0.39, 0.29) is 5.56 Å². The van der Waals surface area contributed by atoms with E-state index in [1.54, 1.807) is 18.9 Å². The molecule has 2 aliphatic heterocycles. The second kappa shape index (κ2) is 7.78. The van der Waals surface area contributed by atoms with Gasteiger partial charge >= 0.3 is 5.97 Å². The van der Waals surface area contributed by atoms with Crippen molar-refractivity contribution in [3.05, 3.63) is 10.4 Å². The summed E-state index contributed by atoms with van der Waals surface area (Å²) >= 11 is 0. The minimum atomic E-state index is -0.894. The molecule has 9 nitrogen and oxygen atoms in total. The highest BCUT2D eigenvalue weighted by atomic mass is 16.4. The van der Waals surface area contributed by atoms with Crippen LogP contribution in [0.5, 0.6) is 0 Å². The summed E-state index contributed by atoms with van der Waals surface area (Å²) in [6.45, 7) is 4.49. The summed E-state index contributed by atoms with van der Waals surface area (Å²) in [5.74, 6) is 6.13. The first-order valence-corrected chi connectivity index (χ1v) is 10.1. The van der Waals surface area contributed by atoms with E-state index in [0.717, 1.165) is 38.3 Å². The van der Waals surface area contributed by atoms with Gasteiger partial charge in [0, 0.05) is 26.7 Å². The molecule has 0 amide bonds. The Balaban J connectivity index is 1.88. The number of fused-ring (bicyclic) bond motifs is 1. The van der Waals surface area contributed by atoms with E-state index >= 15 is 0 Å². The summed E-state index contributed by atoms with van der Waals surface area (Å²) in [6, 6.07) is -0.667. The first kappa shape index (κ1) is 19.3. The fraction of sp³-hybridized carbons (Fsp3) is 0.600. The Labute approximate surface area is 168 Å². The van der Waals surface area contributed by atoms with E-state index in [9.17, 15) is 14.7 Å². The molecule has 4 heterocycles. The van der Waals surface area contributed by atoms with Gasteiger partial charge in [0.05, 0.1) is 6.54 Å². The fourth-order valence-corrected chi connectivity index (χ4v) is 4.30. The van der Waals surface area contributed by atoms with Gasteiger partial charge in [0.15, 0.2) is 11.2 Å². The van der Waals surface area contributed by atoms with Crippen LogP contribution in [0.4, 0.5) is 11.9 Å². The Kier molecular flexibility index (Phi) is 5.18. The lowest BCUT2D eigenvalue weighted by Gasteiger charge is -2.27. The number of anilines is 2. The van der Waals surface area contributed by atoms with Crippen LogP contribution < -0.4 is 15.4 Å². The lowest BCUT2D eigenvalue weighted by Crippen LogP contribution is -2.40. The van der Waals surface area contributed by atoms with E-state index in [0.29, 0.717) is 36.6 Å². The van der Waals surface area contributed by atoms with E-state index < -0.39 is 12.0 Å². The maximum Gasteiger partial charge on any atom is 0.326 e. The lowest BCUT2D eigenvalue weighted by molar-refractivity contribution is -0.138. The second-order valence-corrected chi connectivity index (χ2v) is 7.61. The van der Waals surface area contributed by atoms with E-state index in [2.05, 4.69) is 21.7 Å². The van der Waals surface area contributed by atoms with Crippen molar-refractivity contribution in [2.45, 2.75) is 51.6 Å². The molecule has 0 aromatic carbocycles. The Morgan fingerprint density at radius 3 is 2.55 bits per heavy atom. The van der Waals surface area contributed by atoms with Crippen LogP contribution >= 0.6 is 0 Å². The molecule has 1 atom stereocenters. The number of imidazole rings is 1. The van der Waals surface area contributed by atoms with Gasteiger partial charge < -0.3 is 14.9 Å². The standard InChI is InChI=1S/C20H26N6O3/c1-3-4-12-26-15-16(22-20(26)24-10-6-5-7-11-24)21-19(23(2)17(15)27)25-13-8-9-14(25)18(28)29/h14H,5-13H2,1-2H3,(H,28,29)/t14-/m1/s1. The summed E-state index contributed by atoms with van der Waals surface area (Å²) in [5, 5.41) is 9.54. The molecule has 1 N–H and O–H groups in total. The molecule has 9 heteroatoms. The van der Waals surface area contributed by atoms with Crippen molar-refractivity contribution in [2.75, 3.05) is 29.4 Å². The van der Waals surface area contributed by atoms with Crippen molar-refractivity contribution in [1.29, 1.82) is 0 Å². The summed E-state index contributed by atoms with van der Waals surface area (Å²) in [4.78, 5) is 38.2. The normalized spacial score (nSPS) is 19.4. The fourth-order valence-electron chi connectivity index (χ4n) is 4.30. The van der Waals surface area contributed by atoms with Crippen LogP contribution in [0.2, 0.25) is 0 Å². The van der Waals surface area contributed by atoms with Crippen molar-refractivity contribution in [2.24, 2.45) is 7.05 Å². The van der Waals surface area contributed by atoms with Crippen LogP contribution in [0, 0.1) is 11.8 Å². The van der Waals surface area contributed by atoms with Crippen LogP contribution in [0.25, 0.3) is 11.2 Å². The van der Waals surface area contributed by atoms with Gasteiger partial charge in [-0.1, -0.05) is 5.92 Å². The molecule has 0 unspecified atom stereocenters. The van der Waals surface area contributed by atoms with Crippen molar-refractivity contribution in [1.82, 2.24) is 19.1 Å². The van der Waals surface area contributed by atoms with Gasteiger partial charge in [-0.05, 0) is 39.0 Å². The number of carboxylic acids is 1. The third-order valence-corrected chi connectivity index (χ3v) is 5.79. The number of carboxylic acid groups (broad SMARTS) is 1. The van der Waals surface area contributed by atoms with Crippen molar-refractivity contribution in [3.8, 4) is 11.8 Å². The van der Waals surface area contributed by atoms with Gasteiger partial charge in [-0.25, -0.2) is 4.79 Å². The van der Waals surface area contributed by atoms with Gasteiger partial charge in [-0.15, -0.1) is 5.92 Å². The number of aromatic nitrogens is 4. The average Bonchev–Trinajstić information content (AvgIpc) is 3.34. The molecule has 0 saturated carbocycles. The molecule has 154 valence electrons. The van der Waals surface area contributed by atoms with E-state index in [1.165, 1.54) is 11.0 Å². The third-order valence-electron chi connectivity index (χ3n) is 5.79. The molecule has 0 bridgehead atoms. The van der Waals surface area contributed by atoms with Crippen LogP contribution in [0.15, 0.2) is 4.79 Å². The highest BCUT2D eigenvalue weighted by molar-refractivity contribution is 5.80. The Bertz CT molecular complexity index is 1050. The number of hydrogen-bond donors (Lipinski definition) is 1. The van der Waals surface area contributed by atoms with Gasteiger partial charge in [0.25, 0.3) is 5.56 Å². The number of aliphatic carboxylic acids is 1. The summed E-state index contributed by atoms with van der Waals surface area (Å²) < 4.78 is 3.30. The molecule has 29 heavy (non-hydrogen) atoms. The molecule has 0 spiro atoms. The van der Waals surface area contributed by atoms with E-state index in [4.69, 9.17) is 4.98 Å². The predicted octanol–water partition coefficient (Wildman–Crippen LogP) is 1.20. The lowest BCUT2D eigenvalue weighted by atomic mass is 10.1. The summed E-state index contributed by atoms with van der Waals surface area (Å²) in [6.07, 6.45) is 4.68. The average molecular weight is 398 g/mol. The zero-order chi connectivity index (χ0) is 20.5. The molecule has 4 rings (SSSR count). The van der Waals surface area contributed by atoms with Gasteiger partial charge in [0.2, 0.25) is 11.9 Å². The number of hydrogen-bond acceptors (Lipinski definition) is 6. The quantitative estimate of drug-likeness (QED) is 0.773. The SMILES string of the molecule is CC#CCn1c(N2CCCCC2)nc2nc(N3CCC[C@@H]3C(=O)O)n(C)c(=O)c21. The summed E-state index contributed by atoms with van der Waals surface area (Å²) in [7, 11) is 1.64. The van der Waals surface area contributed by atoms with Gasteiger partial charge in [0.1, 0.15) is 6.04 Å². The smallest absolute Gasteiger partial charge is 0.326 e. The molecule has 2 saturated heterocycles.